The van der Waals surface area contributed by atoms with Gasteiger partial charge in [-0.05, 0) is 25.5 Å². The number of nitro benzene ring substituents is 1. The summed E-state index contributed by atoms with van der Waals surface area (Å²) in [5.41, 5.74) is 3.84. The van der Waals surface area contributed by atoms with Crippen LogP contribution in [0.1, 0.15) is 11.1 Å². The number of nitrogens with zero attached hydrogens (tertiary/aromatic N) is 1. The Bertz CT molecular complexity index is 787. The zero-order valence-corrected chi connectivity index (χ0v) is 10.2. The van der Waals surface area contributed by atoms with Crippen molar-refractivity contribution in [2.24, 2.45) is 0 Å². The van der Waals surface area contributed by atoms with Crippen molar-refractivity contribution in [2.75, 3.05) is 0 Å². The molecule has 0 aliphatic heterocycles. The van der Waals surface area contributed by atoms with Gasteiger partial charge in [-0.2, -0.15) is 0 Å². The summed E-state index contributed by atoms with van der Waals surface area (Å²) in [5, 5.41) is 13.0. The highest BCUT2D eigenvalue weighted by molar-refractivity contribution is 6.09. The minimum atomic E-state index is -0.316. The van der Waals surface area contributed by atoms with Crippen LogP contribution in [-0.4, -0.2) is 9.91 Å². The highest BCUT2D eigenvalue weighted by atomic mass is 16.6. The van der Waals surface area contributed by atoms with Crippen molar-refractivity contribution < 1.29 is 4.92 Å². The molecule has 3 rings (SSSR count). The molecule has 0 spiro atoms. The number of para-hydroxylation sites is 1. The summed E-state index contributed by atoms with van der Waals surface area (Å²) in [6, 6.07) is 9.52. The van der Waals surface area contributed by atoms with Gasteiger partial charge in [0.15, 0.2) is 0 Å². The molecule has 0 bridgehead atoms. The predicted molar refractivity (Wildman–Crippen MR) is 71.9 cm³/mol. The molecular formula is C14H12N2O2. The van der Waals surface area contributed by atoms with Crippen molar-refractivity contribution in [3.05, 3.63) is 51.6 Å². The average Bonchev–Trinajstić information content (AvgIpc) is 2.72. The molecule has 2 aromatic carbocycles. The third-order valence-corrected chi connectivity index (χ3v) is 3.55. The zero-order valence-electron chi connectivity index (χ0n) is 10.2. The molecule has 3 aromatic rings. The van der Waals surface area contributed by atoms with Crippen molar-refractivity contribution in [2.45, 2.75) is 13.8 Å². The second-order valence-electron chi connectivity index (χ2n) is 4.50. The smallest absolute Gasteiger partial charge is 0.273 e. The van der Waals surface area contributed by atoms with Crippen molar-refractivity contribution in [3.63, 3.8) is 0 Å². The Morgan fingerprint density at radius 3 is 2.56 bits per heavy atom. The Balaban J connectivity index is 2.54. The Kier molecular flexibility index (Phi) is 2.13. The number of fused-ring (bicyclic) bond motifs is 3. The quantitative estimate of drug-likeness (QED) is 0.518. The van der Waals surface area contributed by atoms with Crippen LogP contribution in [0.4, 0.5) is 5.69 Å². The topological polar surface area (TPSA) is 58.9 Å². The van der Waals surface area contributed by atoms with Gasteiger partial charge in [-0.1, -0.05) is 18.2 Å². The number of hydrogen-bond donors (Lipinski definition) is 1. The van der Waals surface area contributed by atoms with Gasteiger partial charge < -0.3 is 4.98 Å². The normalized spacial score (nSPS) is 11.2. The number of nitrogens with one attached hydrogen (secondary N) is 1. The van der Waals surface area contributed by atoms with E-state index in [1.54, 1.807) is 13.0 Å². The van der Waals surface area contributed by atoms with E-state index in [1.807, 2.05) is 31.2 Å². The third kappa shape index (κ3) is 1.32. The maximum atomic E-state index is 11.1. The zero-order chi connectivity index (χ0) is 12.9. The molecule has 1 heterocycles. The molecule has 90 valence electrons. The summed E-state index contributed by atoms with van der Waals surface area (Å²) in [6.45, 7) is 3.71. The molecule has 18 heavy (non-hydrogen) atoms. The van der Waals surface area contributed by atoms with Gasteiger partial charge in [-0.3, -0.25) is 10.1 Å². The number of benzene rings is 2. The van der Waals surface area contributed by atoms with Crippen LogP contribution in [-0.2, 0) is 0 Å². The third-order valence-electron chi connectivity index (χ3n) is 3.55. The second-order valence-corrected chi connectivity index (χ2v) is 4.50. The Morgan fingerprint density at radius 2 is 1.83 bits per heavy atom. The molecule has 1 aromatic heterocycles. The first-order valence-corrected chi connectivity index (χ1v) is 5.74. The highest BCUT2D eigenvalue weighted by Gasteiger charge is 2.17. The van der Waals surface area contributed by atoms with Crippen molar-refractivity contribution in [1.29, 1.82) is 0 Å². The molecule has 0 aliphatic carbocycles. The van der Waals surface area contributed by atoms with Crippen LogP contribution >= 0.6 is 0 Å². The van der Waals surface area contributed by atoms with Crippen LogP contribution < -0.4 is 0 Å². The van der Waals surface area contributed by atoms with Crippen LogP contribution in [0.3, 0.4) is 0 Å². The molecule has 0 saturated carbocycles. The van der Waals surface area contributed by atoms with E-state index in [4.69, 9.17) is 0 Å². The monoisotopic (exact) mass is 240 g/mol. The average molecular weight is 240 g/mol. The van der Waals surface area contributed by atoms with Gasteiger partial charge in [0.2, 0.25) is 0 Å². The SMILES string of the molecule is Cc1c([N+](=O)[O-])cc2c([nH]c3ccccc32)c1C. The minimum absolute atomic E-state index is 0.185. The van der Waals surface area contributed by atoms with Crippen LogP contribution in [0.5, 0.6) is 0 Å². The molecule has 0 atom stereocenters. The first kappa shape index (κ1) is 10.8. The molecule has 0 amide bonds. The number of aromatic nitrogens is 1. The summed E-state index contributed by atoms with van der Waals surface area (Å²) in [5.74, 6) is 0. The number of hydrogen-bond acceptors (Lipinski definition) is 2. The van der Waals surface area contributed by atoms with Crippen molar-refractivity contribution in [1.82, 2.24) is 4.98 Å². The van der Waals surface area contributed by atoms with Gasteiger partial charge in [-0.25, -0.2) is 0 Å². The number of rotatable bonds is 1. The fourth-order valence-electron chi connectivity index (χ4n) is 2.42. The minimum Gasteiger partial charge on any atom is -0.354 e. The lowest BCUT2D eigenvalue weighted by Gasteiger charge is -2.03. The van der Waals surface area contributed by atoms with E-state index in [9.17, 15) is 10.1 Å². The highest BCUT2D eigenvalue weighted by Crippen LogP contribution is 2.34. The molecular weight excluding hydrogens is 228 g/mol. The fourth-order valence-corrected chi connectivity index (χ4v) is 2.42. The number of aromatic amines is 1. The maximum absolute atomic E-state index is 11.1. The summed E-state index contributed by atoms with van der Waals surface area (Å²) < 4.78 is 0. The van der Waals surface area contributed by atoms with E-state index < -0.39 is 0 Å². The van der Waals surface area contributed by atoms with Crippen LogP contribution in [0.15, 0.2) is 30.3 Å². The molecule has 0 aliphatic rings. The summed E-state index contributed by atoms with van der Waals surface area (Å²) >= 11 is 0. The van der Waals surface area contributed by atoms with Crippen LogP contribution in [0, 0.1) is 24.0 Å². The van der Waals surface area contributed by atoms with E-state index in [1.165, 1.54) is 0 Å². The molecule has 0 saturated heterocycles. The lowest BCUT2D eigenvalue weighted by Crippen LogP contribution is -1.94. The lowest BCUT2D eigenvalue weighted by atomic mass is 10.0. The Labute approximate surface area is 103 Å². The van der Waals surface area contributed by atoms with E-state index in [0.717, 1.165) is 32.9 Å². The largest absolute Gasteiger partial charge is 0.354 e. The number of aryl methyl sites for hydroxylation is 1. The van der Waals surface area contributed by atoms with E-state index in [-0.39, 0.29) is 10.6 Å². The van der Waals surface area contributed by atoms with E-state index >= 15 is 0 Å². The van der Waals surface area contributed by atoms with Crippen LogP contribution in [0.25, 0.3) is 21.8 Å². The second kappa shape index (κ2) is 3.57. The first-order chi connectivity index (χ1) is 8.59. The maximum Gasteiger partial charge on any atom is 0.273 e. The van der Waals surface area contributed by atoms with Crippen LogP contribution in [0.2, 0.25) is 0 Å². The van der Waals surface area contributed by atoms with Gasteiger partial charge >= 0.3 is 0 Å². The van der Waals surface area contributed by atoms with Gasteiger partial charge in [0, 0.05) is 27.9 Å². The molecule has 4 nitrogen and oxygen atoms in total. The van der Waals surface area contributed by atoms with Gasteiger partial charge in [0.05, 0.1) is 10.4 Å². The summed E-state index contributed by atoms with van der Waals surface area (Å²) in [7, 11) is 0. The van der Waals surface area contributed by atoms with Crippen molar-refractivity contribution in [3.8, 4) is 0 Å². The molecule has 0 radical (unpaired) electrons. The molecule has 4 heteroatoms. The number of nitro groups is 1. The lowest BCUT2D eigenvalue weighted by molar-refractivity contribution is -0.385. The van der Waals surface area contributed by atoms with Gasteiger partial charge in [0.25, 0.3) is 5.69 Å². The molecule has 1 N–H and O–H groups in total. The number of H-pyrrole nitrogens is 1. The van der Waals surface area contributed by atoms with E-state index in [0.29, 0.717) is 0 Å². The van der Waals surface area contributed by atoms with E-state index in [2.05, 4.69) is 4.98 Å². The van der Waals surface area contributed by atoms with Gasteiger partial charge in [0.1, 0.15) is 0 Å². The molecule has 0 fully saturated rings. The van der Waals surface area contributed by atoms with Gasteiger partial charge in [-0.15, -0.1) is 0 Å². The summed E-state index contributed by atoms with van der Waals surface area (Å²) in [6.07, 6.45) is 0. The summed E-state index contributed by atoms with van der Waals surface area (Å²) in [4.78, 5) is 14.1. The standard InChI is InChI=1S/C14H12N2O2/c1-8-9(2)14-11(7-13(8)16(17)18)10-5-3-4-6-12(10)15-14/h3-7,15H,1-2H3. The first-order valence-electron chi connectivity index (χ1n) is 5.74. The Hall–Kier alpha value is -2.36. The Morgan fingerprint density at radius 1 is 1.11 bits per heavy atom. The molecule has 0 unspecified atom stereocenters. The fraction of sp³-hybridized carbons (Fsp3) is 0.143. The van der Waals surface area contributed by atoms with Crippen molar-refractivity contribution >= 4 is 27.5 Å². The predicted octanol–water partition coefficient (Wildman–Crippen LogP) is 3.85.